The number of rotatable bonds is 1. The van der Waals surface area contributed by atoms with E-state index in [1.54, 1.807) is 0 Å². The van der Waals surface area contributed by atoms with E-state index in [1.165, 1.54) is 0 Å². The number of anilines is 1. The zero-order chi connectivity index (χ0) is 9.40. The molecule has 1 aromatic rings. The summed E-state index contributed by atoms with van der Waals surface area (Å²) in [6, 6.07) is 9.60. The second-order valence-corrected chi connectivity index (χ2v) is 2.03. The minimum Gasteiger partial charge on any atom is -0.481 e. The average molecular weight is 205 g/mol. The van der Waals surface area contributed by atoms with E-state index >= 15 is 0 Å². The largest absolute Gasteiger partial charge is 0.481 e. The van der Waals surface area contributed by atoms with Crippen LogP contribution in [0.2, 0.25) is 0 Å². The van der Waals surface area contributed by atoms with Crippen LogP contribution in [-0.2, 0) is 4.79 Å². The first kappa shape index (κ1) is 14.3. The summed E-state index contributed by atoms with van der Waals surface area (Å²) in [6.45, 7) is 1.08. The van der Waals surface area contributed by atoms with Crippen LogP contribution in [-0.4, -0.2) is 11.1 Å². The molecule has 0 saturated heterocycles. The van der Waals surface area contributed by atoms with Crippen LogP contribution in [0.5, 0.6) is 0 Å². The van der Waals surface area contributed by atoms with Gasteiger partial charge in [-0.15, -0.1) is 12.4 Å². The highest BCUT2D eigenvalue weighted by atomic mass is 35.5. The van der Waals surface area contributed by atoms with Crippen LogP contribution in [0.25, 0.3) is 0 Å². The third-order valence-corrected chi connectivity index (χ3v) is 0.940. The quantitative estimate of drug-likeness (QED) is 0.479. The van der Waals surface area contributed by atoms with Crippen molar-refractivity contribution in [1.29, 1.82) is 0 Å². The molecule has 13 heavy (non-hydrogen) atoms. The maximum Gasteiger partial charge on any atom is 0.300 e. The molecule has 0 bridgehead atoms. The summed E-state index contributed by atoms with van der Waals surface area (Å²) in [5, 5.41) is 7.42. The Kier molecular flexibility index (Phi) is 9.70. The molecule has 0 radical (unpaired) electrons. The lowest BCUT2D eigenvalue weighted by molar-refractivity contribution is -0.134. The van der Waals surface area contributed by atoms with E-state index in [2.05, 4.69) is 5.43 Å². The van der Waals surface area contributed by atoms with Crippen molar-refractivity contribution in [3.63, 3.8) is 0 Å². The Morgan fingerprint density at radius 1 is 1.38 bits per heavy atom. The van der Waals surface area contributed by atoms with Gasteiger partial charge in [0.1, 0.15) is 0 Å². The van der Waals surface area contributed by atoms with Crippen molar-refractivity contribution in [2.45, 2.75) is 6.92 Å². The maximum absolute atomic E-state index is 9.00. The summed E-state index contributed by atoms with van der Waals surface area (Å²) in [4.78, 5) is 9.00. The summed E-state index contributed by atoms with van der Waals surface area (Å²) in [7, 11) is 0. The summed E-state index contributed by atoms with van der Waals surface area (Å²) in [6.07, 6.45) is 0. The van der Waals surface area contributed by atoms with E-state index in [-0.39, 0.29) is 12.4 Å². The molecule has 74 valence electrons. The summed E-state index contributed by atoms with van der Waals surface area (Å²) in [5.74, 6) is 4.27. The molecule has 0 aliphatic heterocycles. The van der Waals surface area contributed by atoms with E-state index in [9.17, 15) is 0 Å². The summed E-state index contributed by atoms with van der Waals surface area (Å²) in [5.41, 5.74) is 3.46. The van der Waals surface area contributed by atoms with Crippen LogP contribution in [0.4, 0.5) is 5.69 Å². The molecule has 1 aromatic carbocycles. The molecule has 0 aromatic heterocycles. The van der Waals surface area contributed by atoms with Crippen LogP contribution in [0, 0.1) is 0 Å². The number of para-hydroxylation sites is 1. The standard InChI is InChI=1S/C6H8N2.C2H4O2.ClH/c7-8-6-4-2-1-3-5-6;1-2(3)4;/h1-5,8H,7H2;1H3,(H,3,4);1H. The van der Waals surface area contributed by atoms with Gasteiger partial charge in [0.2, 0.25) is 0 Å². The van der Waals surface area contributed by atoms with Crippen molar-refractivity contribution in [2.75, 3.05) is 5.43 Å². The van der Waals surface area contributed by atoms with E-state index in [4.69, 9.17) is 15.7 Å². The predicted molar refractivity (Wildman–Crippen MR) is 54.8 cm³/mol. The third-order valence-electron chi connectivity index (χ3n) is 0.940. The van der Waals surface area contributed by atoms with Gasteiger partial charge in [0.15, 0.2) is 0 Å². The number of carbonyl (C=O) groups is 1. The van der Waals surface area contributed by atoms with Gasteiger partial charge in [-0.05, 0) is 12.1 Å². The number of carboxylic acids is 1. The first-order chi connectivity index (χ1) is 5.66. The zero-order valence-electron chi connectivity index (χ0n) is 7.23. The number of nitrogens with one attached hydrogen (secondary N) is 1. The van der Waals surface area contributed by atoms with Crippen LogP contribution >= 0.6 is 12.4 Å². The van der Waals surface area contributed by atoms with Gasteiger partial charge in [-0.25, -0.2) is 0 Å². The molecule has 0 aliphatic carbocycles. The van der Waals surface area contributed by atoms with Crippen LogP contribution in [0.3, 0.4) is 0 Å². The molecule has 4 nitrogen and oxygen atoms in total. The van der Waals surface area contributed by atoms with Gasteiger partial charge < -0.3 is 10.5 Å². The number of nitrogen functional groups attached to an aromatic ring is 1. The van der Waals surface area contributed by atoms with Gasteiger partial charge in [-0.1, -0.05) is 18.2 Å². The smallest absolute Gasteiger partial charge is 0.300 e. The predicted octanol–water partition coefficient (Wildman–Crippen LogP) is 1.48. The molecule has 4 N–H and O–H groups in total. The molecule has 0 saturated carbocycles. The molecule has 0 heterocycles. The summed E-state index contributed by atoms with van der Waals surface area (Å²) < 4.78 is 0. The van der Waals surface area contributed by atoms with Crippen molar-refractivity contribution in [1.82, 2.24) is 0 Å². The number of carboxylic acid groups (broad SMARTS) is 1. The fraction of sp³-hybridized carbons (Fsp3) is 0.125. The van der Waals surface area contributed by atoms with Crippen molar-refractivity contribution in [3.05, 3.63) is 30.3 Å². The Balaban J connectivity index is 0. The second kappa shape index (κ2) is 8.83. The van der Waals surface area contributed by atoms with E-state index in [1.807, 2.05) is 30.3 Å². The lowest BCUT2D eigenvalue weighted by Gasteiger charge is -1.94. The van der Waals surface area contributed by atoms with Crippen molar-refractivity contribution >= 4 is 24.1 Å². The Bertz CT molecular complexity index is 225. The zero-order valence-corrected chi connectivity index (χ0v) is 8.04. The van der Waals surface area contributed by atoms with Crippen molar-refractivity contribution in [2.24, 2.45) is 5.84 Å². The number of aliphatic carboxylic acids is 1. The first-order valence-corrected chi connectivity index (χ1v) is 3.38. The molecule has 0 aliphatic rings. The van der Waals surface area contributed by atoms with Crippen LogP contribution in [0.15, 0.2) is 30.3 Å². The molecule has 1 rings (SSSR count). The molecule has 0 spiro atoms. The van der Waals surface area contributed by atoms with Gasteiger partial charge in [0, 0.05) is 12.6 Å². The Hall–Kier alpha value is -1.26. The fourth-order valence-corrected chi connectivity index (χ4v) is 0.534. The SMILES string of the molecule is CC(=O)O.Cl.NNc1ccccc1. The van der Waals surface area contributed by atoms with Crippen molar-refractivity contribution in [3.8, 4) is 0 Å². The lowest BCUT2D eigenvalue weighted by atomic mass is 10.3. The first-order valence-electron chi connectivity index (χ1n) is 3.38. The Morgan fingerprint density at radius 2 is 1.77 bits per heavy atom. The third kappa shape index (κ3) is 10.7. The van der Waals surface area contributed by atoms with E-state index < -0.39 is 5.97 Å². The normalized spacial score (nSPS) is 7.23. The topological polar surface area (TPSA) is 75.3 Å². The summed E-state index contributed by atoms with van der Waals surface area (Å²) >= 11 is 0. The highest BCUT2D eigenvalue weighted by Crippen LogP contribution is 2.00. The minimum atomic E-state index is -0.833. The van der Waals surface area contributed by atoms with E-state index in [0.29, 0.717) is 0 Å². The number of benzene rings is 1. The lowest BCUT2D eigenvalue weighted by Crippen LogP contribution is -2.05. The van der Waals surface area contributed by atoms with E-state index in [0.717, 1.165) is 12.6 Å². The molecule has 0 atom stereocenters. The highest BCUT2D eigenvalue weighted by molar-refractivity contribution is 5.85. The molecule has 0 fully saturated rings. The maximum atomic E-state index is 9.00. The highest BCUT2D eigenvalue weighted by Gasteiger charge is 1.78. The Morgan fingerprint density at radius 3 is 2.00 bits per heavy atom. The molecule has 5 heteroatoms. The van der Waals surface area contributed by atoms with Gasteiger partial charge in [0.05, 0.1) is 0 Å². The Labute approximate surface area is 83.1 Å². The number of halogens is 1. The number of hydrogen-bond acceptors (Lipinski definition) is 3. The van der Waals surface area contributed by atoms with Gasteiger partial charge in [0.25, 0.3) is 5.97 Å². The molecule has 0 unspecified atom stereocenters. The fourth-order valence-electron chi connectivity index (χ4n) is 0.534. The van der Waals surface area contributed by atoms with Gasteiger partial charge >= 0.3 is 0 Å². The second-order valence-electron chi connectivity index (χ2n) is 2.03. The molecule has 0 amide bonds. The van der Waals surface area contributed by atoms with Crippen molar-refractivity contribution < 1.29 is 9.90 Å². The number of hydrogen-bond donors (Lipinski definition) is 3. The van der Waals surface area contributed by atoms with Crippen LogP contribution in [0.1, 0.15) is 6.92 Å². The minimum absolute atomic E-state index is 0. The monoisotopic (exact) mass is 204 g/mol. The van der Waals surface area contributed by atoms with Crippen LogP contribution < -0.4 is 11.3 Å². The number of nitrogens with two attached hydrogens (primary N) is 1. The molecular weight excluding hydrogens is 192 g/mol. The molecular formula is C8H13ClN2O2. The van der Waals surface area contributed by atoms with Gasteiger partial charge in [-0.2, -0.15) is 0 Å². The average Bonchev–Trinajstić information content (AvgIpc) is 2.05. The van der Waals surface area contributed by atoms with Gasteiger partial charge in [-0.3, -0.25) is 10.6 Å². The number of hydrazine groups is 1.